The van der Waals surface area contributed by atoms with E-state index in [1.54, 1.807) is 33.9 Å². The van der Waals surface area contributed by atoms with E-state index in [0.29, 0.717) is 0 Å². The Morgan fingerprint density at radius 1 is 0.441 bits per heavy atom. The first kappa shape index (κ1) is 49.4. The molecule has 0 nitrogen and oxygen atoms in total. The van der Waals surface area contributed by atoms with E-state index in [1.165, 1.54) is 192 Å². The molecule has 0 aliphatic heterocycles. The zero-order valence-corrected chi connectivity index (χ0v) is 45.3. The number of unbranched alkanes of at least 4 members (excludes halogenated alkanes) is 16. The van der Waals surface area contributed by atoms with Crippen LogP contribution in [0.15, 0.2) is 36.4 Å². The average molecular weight is 980 g/mol. The van der Waals surface area contributed by atoms with Crippen LogP contribution in [0.3, 0.4) is 0 Å². The number of rotatable bonds is 31. The number of hydrogen-bond donors (Lipinski definition) is 0. The van der Waals surface area contributed by atoms with Crippen molar-refractivity contribution in [2.45, 2.75) is 216 Å². The van der Waals surface area contributed by atoms with Crippen LogP contribution in [0.25, 0.3) is 41.1 Å². The van der Waals surface area contributed by atoms with E-state index in [9.17, 15) is 0 Å². The fourth-order valence-corrected chi connectivity index (χ4v) is 19.4. The molecular weight excluding hydrogens is 896 g/mol. The summed E-state index contributed by atoms with van der Waals surface area (Å²) in [4.78, 5) is 15.5. The number of benzene rings is 1. The molecule has 328 valence electrons. The summed E-state index contributed by atoms with van der Waals surface area (Å²) in [6.45, 7) is 11.7. The van der Waals surface area contributed by atoms with Crippen LogP contribution >= 0.6 is 45.3 Å². The third-order valence-corrected chi connectivity index (χ3v) is 26.9. The van der Waals surface area contributed by atoms with Crippen molar-refractivity contribution >= 4 is 86.8 Å². The Bertz CT molecular complexity index is 1780. The van der Waals surface area contributed by atoms with Crippen LogP contribution in [-0.4, -0.2) is 18.4 Å². The van der Waals surface area contributed by atoms with Crippen molar-refractivity contribution in [1.82, 2.24) is 0 Å². The van der Waals surface area contributed by atoms with Gasteiger partial charge < -0.3 is 0 Å². The van der Waals surface area contributed by atoms with E-state index in [-0.39, 0.29) is 0 Å². The Morgan fingerprint density at radius 2 is 0.814 bits per heavy atom. The first-order chi connectivity index (χ1) is 28.7. The van der Waals surface area contributed by atoms with Crippen molar-refractivity contribution in [1.29, 1.82) is 0 Å². The van der Waals surface area contributed by atoms with Gasteiger partial charge in [0.1, 0.15) is 0 Å². The maximum absolute atomic E-state index is 2.69. The predicted octanol–water partition coefficient (Wildman–Crippen LogP) is 20.2. The second kappa shape index (κ2) is 26.2. The topological polar surface area (TPSA) is 0 Å². The molecule has 5 aromatic rings. The molecule has 5 heteroatoms. The fraction of sp³-hybridized carbons (Fsp3) is 0.667. The fourth-order valence-electron chi connectivity index (χ4n) is 9.41. The van der Waals surface area contributed by atoms with Crippen molar-refractivity contribution in [2.75, 3.05) is 0 Å². The summed E-state index contributed by atoms with van der Waals surface area (Å²) in [6, 6.07) is 15.3. The molecule has 0 N–H and O–H groups in total. The molecule has 0 bridgehead atoms. The van der Waals surface area contributed by atoms with Gasteiger partial charge in [-0.2, -0.15) is 0 Å². The van der Waals surface area contributed by atoms with Gasteiger partial charge in [0.15, 0.2) is 0 Å². The molecule has 0 aliphatic rings. The van der Waals surface area contributed by atoms with Crippen molar-refractivity contribution in [3.05, 3.63) is 51.0 Å². The zero-order chi connectivity index (χ0) is 42.0. The van der Waals surface area contributed by atoms with E-state index in [0.717, 1.165) is 11.8 Å². The van der Waals surface area contributed by atoms with Crippen molar-refractivity contribution in [2.24, 2.45) is 11.8 Å². The Morgan fingerprint density at radius 3 is 1.24 bits per heavy atom. The normalized spacial score (nSPS) is 13.4. The monoisotopic (exact) mass is 980 g/mol. The Labute approximate surface area is 383 Å². The molecule has 0 aliphatic carbocycles. The number of hydrogen-bond acceptors (Lipinski definition) is 4. The van der Waals surface area contributed by atoms with Crippen LogP contribution in [0, 0.1) is 18.8 Å². The molecule has 4 aromatic heterocycles. The molecule has 0 radical (unpaired) electrons. The van der Waals surface area contributed by atoms with Crippen molar-refractivity contribution in [3.8, 4) is 20.9 Å². The van der Waals surface area contributed by atoms with Crippen LogP contribution in [0.5, 0.6) is 0 Å². The average Bonchev–Trinajstić information content (AvgIpc) is 4.04. The first-order valence-corrected chi connectivity index (χ1v) is 38.1. The molecular formula is C54H84S4Sn. The van der Waals surface area contributed by atoms with Crippen LogP contribution in [0.2, 0.25) is 14.8 Å². The summed E-state index contributed by atoms with van der Waals surface area (Å²) in [6.07, 6.45) is 36.1. The van der Waals surface area contributed by atoms with Gasteiger partial charge in [-0.3, -0.25) is 0 Å². The van der Waals surface area contributed by atoms with Crippen LogP contribution in [0.4, 0.5) is 0 Å². The number of aryl methyl sites for hydroxylation is 1. The third-order valence-electron chi connectivity index (χ3n) is 13.0. The Hall–Kier alpha value is -0.661. The molecule has 59 heavy (non-hydrogen) atoms. The quantitative estimate of drug-likeness (QED) is 0.0307. The van der Waals surface area contributed by atoms with Gasteiger partial charge in [-0.1, -0.05) is 105 Å². The van der Waals surface area contributed by atoms with Gasteiger partial charge in [-0.25, -0.2) is 0 Å². The Kier molecular flexibility index (Phi) is 21.9. The second-order valence-corrected chi connectivity index (χ2v) is 39.5. The zero-order valence-electron chi connectivity index (χ0n) is 39.1. The number of thiophene rings is 4. The van der Waals surface area contributed by atoms with E-state index < -0.39 is 18.4 Å². The minimum absolute atomic E-state index is 0.827. The summed E-state index contributed by atoms with van der Waals surface area (Å²) in [5.74, 6) is 1.65. The molecule has 5 rings (SSSR count). The van der Waals surface area contributed by atoms with Gasteiger partial charge in [-0.05, 0) is 0 Å². The Balaban J connectivity index is 1.45. The molecule has 1 aromatic carbocycles. The van der Waals surface area contributed by atoms with Gasteiger partial charge in [0, 0.05) is 0 Å². The molecule has 0 fully saturated rings. The van der Waals surface area contributed by atoms with Gasteiger partial charge in [0.25, 0.3) is 0 Å². The predicted molar refractivity (Wildman–Crippen MR) is 279 cm³/mol. The van der Waals surface area contributed by atoms with E-state index >= 15 is 0 Å². The molecule has 4 heterocycles. The second-order valence-electron chi connectivity index (χ2n) is 19.4. The summed E-state index contributed by atoms with van der Waals surface area (Å²) in [5.41, 5.74) is 3.09. The SMILES string of the molecule is CCCCCCCCC(CCCCCC)Cc1ccc(-c2c3c[c]([Sn]([CH3])([CH3])[CH3])sc3c(-c3ccc(CC(CCCCCC)CCCCCCCC)s3)c3cc(C)sc23)s1. The number of fused-ring (bicyclic) bond motifs is 2. The van der Waals surface area contributed by atoms with Crippen molar-refractivity contribution in [3.63, 3.8) is 0 Å². The maximum atomic E-state index is 2.69. The summed E-state index contributed by atoms with van der Waals surface area (Å²) in [5, 5.41) is 3.06. The molecule has 0 saturated heterocycles. The molecule has 0 amide bonds. The standard InChI is InChI=1S/C51H75S4.3CH3.Sn/c1-6-10-14-18-20-24-28-40(26-22-16-12-8-3)37-42-30-32-46(54-42)48-44-34-35-52-50(44)49(45-36-39(5)53-51(45)48)47-33-31-43(55-47)38-41(27-23-17-13-9-4)29-25-21-19-15-11-7-2;;;;/h30-34,36,40-41H,6-29,37-38H2,1-5H3;3*1H3;. The van der Waals surface area contributed by atoms with Gasteiger partial charge in [0.2, 0.25) is 0 Å². The van der Waals surface area contributed by atoms with Crippen LogP contribution in [-0.2, 0) is 12.8 Å². The molecule has 0 saturated carbocycles. The van der Waals surface area contributed by atoms with E-state index in [2.05, 4.69) is 131 Å². The van der Waals surface area contributed by atoms with E-state index in [4.69, 9.17) is 0 Å². The van der Waals surface area contributed by atoms with Crippen LogP contribution in [0.1, 0.15) is 196 Å². The molecule has 2 unspecified atom stereocenters. The van der Waals surface area contributed by atoms with E-state index in [1.807, 2.05) is 0 Å². The first-order valence-electron chi connectivity index (χ1n) is 24.8. The summed E-state index contributed by atoms with van der Waals surface area (Å²) < 4.78 is 4.81. The summed E-state index contributed by atoms with van der Waals surface area (Å²) >= 11 is 6.12. The molecule has 2 atom stereocenters. The third kappa shape index (κ3) is 15.2. The molecule has 0 spiro atoms. The van der Waals surface area contributed by atoms with Gasteiger partial charge in [-0.15, -0.1) is 0 Å². The van der Waals surface area contributed by atoms with Gasteiger partial charge >= 0.3 is 282 Å². The van der Waals surface area contributed by atoms with Crippen molar-refractivity contribution < 1.29 is 0 Å². The van der Waals surface area contributed by atoms with Crippen LogP contribution < -0.4 is 2.89 Å². The summed E-state index contributed by atoms with van der Waals surface area (Å²) in [7, 11) is 0. The van der Waals surface area contributed by atoms with Gasteiger partial charge in [0.05, 0.1) is 0 Å². The minimum atomic E-state index is -2.36.